The number of hydrogen-bond donors (Lipinski definition) is 0. The fraction of sp³-hybridized carbons (Fsp3) is 0.667. The zero-order valence-corrected chi connectivity index (χ0v) is 23.1. The van der Waals surface area contributed by atoms with Crippen LogP contribution in [0.4, 0.5) is 0 Å². The Hall–Kier alpha value is -2.78. The molecule has 4 atom stereocenters. The lowest BCUT2D eigenvalue weighted by atomic mass is 9.75. The number of carbonyl (C=O) groups excluding carboxylic acids is 1. The second-order valence-electron chi connectivity index (χ2n) is 11.8. The summed E-state index contributed by atoms with van der Waals surface area (Å²) in [5.41, 5.74) is 0.843. The minimum atomic E-state index is -0.718. The maximum Gasteiger partial charge on any atom is 0.362 e. The second-order valence-corrected chi connectivity index (χ2v) is 11.8. The average molecular weight is 537 g/mol. The van der Waals surface area contributed by atoms with Gasteiger partial charge in [-0.2, -0.15) is 0 Å². The summed E-state index contributed by atoms with van der Waals surface area (Å²) in [6, 6.07) is 8.74. The van der Waals surface area contributed by atoms with Crippen molar-refractivity contribution in [3.8, 4) is 0 Å². The van der Waals surface area contributed by atoms with Crippen LogP contribution in [0.3, 0.4) is 0 Å². The number of benzene rings is 1. The molecule has 4 fully saturated rings. The molecule has 2 saturated carbocycles. The first-order valence-electron chi connectivity index (χ1n) is 14.7. The lowest BCUT2D eigenvalue weighted by Gasteiger charge is -2.54. The van der Waals surface area contributed by atoms with Crippen LogP contribution >= 0.6 is 0 Å². The highest BCUT2D eigenvalue weighted by Gasteiger charge is 2.46. The van der Waals surface area contributed by atoms with Gasteiger partial charge >= 0.3 is 5.97 Å². The van der Waals surface area contributed by atoms with E-state index in [0.29, 0.717) is 24.8 Å². The molecule has 1 aromatic carbocycles. The lowest BCUT2D eigenvalue weighted by Crippen LogP contribution is -2.62. The van der Waals surface area contributed by atoms with E-state index in [1.54, 1.807) is 6.92 Å². The Kier molecular flexibility index (Phi) is 7.71. The van der Waals surface area contributed by atoms with Crippen molar-refractivity contribution in [1.29, 1.82) is 0 Å². The summed E-state index contributed by atoms with van der Waals surface area (Å²) in [5, 5.41) is 3.87. The Morgan fingerprint density at radius 2 is 1.69 bits per heavy atom. The van der Waals surface area contributed by atoms with Crippen molar-refractivity contribution >= 4 is 22.7 Å². The van der Waals surface area contributed by atoms with Gasteiger partial charge in [-0.1, -0.05) is 43.0 Å². The molecular formula is C30H40N4O5. The minimum Gasteiger partial charge on any atom is -0.461 e. The number of ether oxygens (including phenoxy) is 2. The molecular weight excluding hydrogens is 496 g/mol. The average Bonchev–Trinajstić information content (AvgIpc) is 3.10. The Balaban J connectivity index is 1.36. The normalized spacial score (nSPS) is 31.5. The lowest BCUT2D eigenvalue weighted by molar-refractivity contribution is -0.135. The van der Waals surface area contributed by atoms with Crippen LogP contribution in [0.25, 0.3) is 11.0 Å². The minimum absolute atomic E-state index is 0.0313. The molecule has 1 aromatic heterocycles. The van der Waals surface area contributed by atoms with E-state index >= 15 is 0 Å². The smallest absolute Gasteiger partial charge is 0.362 e. The molecule has 0 radical (unpaired) electrons. The van der Waals surface area contributed by atoms with E-state index in [1.165, 1.54) is 52.1 Å². The van der Waals surface area contributed by atoms with E-state index in [0.717, 1.165) is 30.2 Å². The van der Waals surface area contributed by atoms with Gasteiger partial charge in [0.2, 0.25) is 5.71 Å². The van der Waals surface area contributed by atoms with Crippen molar-refractivity contribution in [3.05, 3.63) is 40.3 Å². The van der Waals surface area contributed by atoms with Gasteiger partial charge in [0.25, 0.3) is 5.56 Å². The molecule has 0 spiro atoms. The molecule has 0 N–H and O–H groups in total. The molecule has 9 heteroatoms. The number of hydrogen-bond acceptors (Lipinski definition) is 8. The molecule has 0 amide bonds. The molecule has 3 heterocycles. The van der Waals surface area contributed by atoms with Gasteiger partial charge in [-0.25, -0.2) is 9.78 Å². The highest BCUT2D eigenvalue weighted by Crippen LogP contribution is 2.44. The van der Waals surface area contributed by atoms with Crippen LogP contribution in [0.2, 0.25) is 0 Å². The number of esters is 1. The number of nitrogens with zero attached hydrogens (tertiary/aromatic N) is 4. The zero-order chi connectivity index (χ0) is 26.9. The summed E-state index contributed by atoms with van der Waals surface area (Å²) in [5.74, 6) is 0.988. The molecule has 9 nitrogen and oxygen atoms in total. The SMILES string of the molecule is CCOC(=O)C(=NOC)c1nc2ccccc2n(C2C[C@H]3COC[C@H](C2)N3C2CC3CCCCC(C3)C2)c1=O. The van der Waals surface area contributed by atoms with Gasteiger partial charge in [0.15, 0.2) is 5.69 Å². The first-order chi connectivity index (χ1) is 19.1. The van der Waals surface area contributed by atoms with Crippen LogP contribution in [-0.4, -0.2) is 71.2 Å². The van der Waals surface area contributed by atoms with Crippen LogP contribution in [0.5, 0.6) is 0 Å². The molecule has 4 aliphatic rings. The molecule has 2 aromatic rings. The standard InChI is InChI=1S/C30H40N4O5/c1-3-39-30(36)28(32-37-2)27-29(35)34(26-11-7-6-10-25(26)31-27)22-15-23-17-38-18-24(16-22)33(23)21-13-19-8-4-5-9-20(12-19)14-21/h6-7,10-11,19-24H,3-5,8-9,12-18H2,1-2H3/t19?,20?,21?,23-,24-/m0/s1. The summed E-state index contributed by atoms with van der Waals surface area (Å²) >= 11 is 0. The topological polar surface area (TPSA) is 95.2 Å². The van der Waals surface area contributed by atoms with Gasteiger partial charge in [0, 0.05) is 24.2 Å². The Bertz CT molecular complexity index is 1260. The quantitative estimate of drug-likeness (QED) is 0.312. The van der Waals surface area contributed by atoms with Gasteiger partial charge in [-0.05, 0) is 63.0 Å². The number of aromatic nitrogens is 2. The van der Waals surface area contributed by atoms with Crippen LogP contribution in [-0.2, 0) is 19.1 Å². The molecule has 2 aliphatic heterocycles. The summed E-state index contributed by atoms with van der Waals surface area (Å²) in [6.45, 7) is 3.27. The van der Waals surface area contributed by atoms with Gasteiger partial charge in [-0.15, -0.1) is 0 Å². The zero-order valence-electron chi connectivity index (χ0n) is 23.1. The fourth-order valence-electron chi connectivity index (χ4n) is 7.97. The molecule has 39 heavy (non-hydrogen) atoms. The largest absolute Gasteiger partial charge is 0.461 e. The number of carbonyl (C=O) groups is 1. The van der Waals surface area contributed by atoms with Crippen molar-refractivity contribution in [2.24, 2.45) is 17.0 Å². The van der Waals surface area contributed by atoms with Crippen LogP contribution in [0.15, 0.2) is 34.2 Å². The Morgan fingerprint density at radius 1 is 1.00 bits per heavy atom. The summed E-state index contributed by atoms with van der Waals surface area (Å²) in [4.78, 5) is 39.1. The Labute approximate surface area is 229 Å². The molecule has 2 unspecified atom stereocenters. The molecule has 210 valence electrons. The second kappa shape index (κ2) is 11.4. The maximum atomic E-state index is 14.1. The highest BCUT2D eigenvalue weighted by molar-refractivity contribution is 6.42. The van der Waals surface area contributed by atoms with Gasteiger partial charge in [-0.3, -0.25) is 9.69 Å². The third-order valence-corrected chi connectivity index (χ3v) is 9.36. The van der Waals surface area contributed by atoms with E-state index in [2.05, 4.69) is 15.0 Å². The third-order valence-electron chi connectivity index (χ3n) is 9.36. The maximum absolute atomic E-state index is 14.1. The van der Waals surface area contributed by atoms with Crippen LogP contribution < -0.4 is 5.56 Å². The van der Waals surface area contributed by atoms with Crippen LogP contribution in [0, 0.1) is 11.8 Å². The van der Waals surface area contributed by atoms with Crippen molar-refractivity contribution in [3.63, 3.8) is 0 Å². The Morgan fingerprint density at radius 3 is 2.36 bits per heavy atom. The van der Waals surface area contributed by atoms with Gasteiger partial charge < -0.3 is 18.9 Å². The summed E-state index contributed by atoms with van der Waals surface area (Å²) in [7, 11) is 1.34. The molecule has 6 rings (SSSR count). The van der Waals surface area contributed by atoms with E-state index in [1.807, 2.05) is 28.8 Å². The predicted octanol–water partition coefficient (Wildman–Crippen LogP) is 4.07. The number of oxime groups is 1. The monoisotopic (exact) mass is 536 g/mol. The first-order valence-corrected chi connectivity index (χ1v) is 14.7. The predicted molar refractivity (Wildman–Crippen MR) is 148 cm³/mol. The highest BCUT2D eigenvalue weighted by atomic mass is 16.6. The van der Waals surface area contributed by atoms with Crippen molar-refractivity contribution < 1.29 is 19.1 Å². The van der Waals surface area contributed by atoms with E-state index in [4.69, 9.17) is 14.3 Å². The van der Waals surface area contributed by atoms with Crippen molar-refractivity contribution in [1.82, 2.24) is 14.5 Å². The summed E-state index contributed by atoms with van der Waals surface area (Å²) < 4.78 is 13.1. The molecule has 4 bridgehead atoms. The fourth-order valence-corrected chi connectivity index (χ4v) is 7.97. The number of rotatable bonds is 6. The molecule has 2 saturated heterocycles. The van der Waals surface area contributed by atoms with E-state index < -0.39 is 5.97 Å². The van der Waals surface area contributed by atoms with Gasteiger partial charge in [0.1, 0.15) is 7.11 Å². The van der Waals surface area contributed by atoms with Crippen molar-refractivity contribution in [2.75, 3.05) is 26.9 Å². The van der Waals surface area contributed by atoms with E-state index in [-0.39, 0.29) is 41.7 Å². The number of fused-ring (bicyclic) bond motifs is 5. The number of piperidine rings is 1. The van der Waals surface area contributed by atoms with Crippen molar-refractivity contribution in [2.45, 2.75) is 88.9 Å². The molecule has 2 aliphatic carbocycles. The van der Waals surface area contributed by atoms with E-state index in [9.17, 15) is 9.59 Å². The number of morpholine rings is 1. The van der Waals surface area contributed by atoms with Gasteiger partial charge in [0.05, 0.1) is 30.9 Å². The third kappa shape index (κ3) is 5.11. The summed E-state index contributed by atoms with van der Waals surface area (Å²) in [6.07, 6.45) is 11.2. The first kappa shape index (κ1) is 26.4. The number of para-hydroxylation sites is 2. The van der Waals surface area contributed by atoms with Crippen LogP contribution in [0.1, 0.15) is 76.4 Å².